The van der Waals surface area contributed by atoms with E-state index in [-0.39, 0.29) is 26.2 Å². The van der Waals surface area contributed by atoms with Gasteiger partial charge in [-0.1, -0.05) is 6.42 Å². The van der Waals surface area contributed by atoms with E-state index >= 15 is 0 Å². The third kappa shape index (κ3) is 3.61. The molecule has 1 amide bonds. The zero-order chi connectivity index (χ0) is 5.82. The average molecular weight is 121 g/mol. The molecule has 0 saturated carbocycles. The summed E-state index contributed by atoms with van der Waals surface area (Å²) >= 11 is 0. The van der Waals surface area contributed by atoms with Crippen LogP contribution in [-0.4, -0.2) is 12.5 Å². The molecule has 1 fully saturated rings. The Bertz CT molecular complexity index is 89.7. The van der Waals surface area contributed by atoms with Gasteiger partial charge in [-0.05, 0) is 12.8 Å². The number of hydrogen-bond donors (Lipinski definition) is 1. The topological polar surface area (TPSA) is 29.1 Å². The van der Waals surface area contributed by atoms with Crippen LogP contribution < -0.4 is 24.2 Å². The van der Waals surface area contributed by atoms with Gasteiger partial charge in [0.1, 0.15) is 0 Å². The van der Waals surface area contributed by atoms with Crippen molar-refractivity contribution in [1.82, 2.24) is 5.32 Å². The van der Waals surface area contributed by atoms with E-state index < -0.39 is 0 Å². The molecule has 0 aromatic carbocycles. The Hall–Kier alpha value is 0.0674. The Labute approximate surface area is 69.1 Å². The van der Waals surface area contributed by atoms with Crippen LogP contribution >= 0.6 is 0 Å². The van der Waals surface area contributed by atoms with Gasteiger partial charge in [-0.2, -0.15) is 0 Å². The molecule has 1 N–H and O–H groups in total. The molecule has 0 spiro atoms. The number of carbonyl (C=O) groups excluding carboxylic acids is 1. The summed E-state index contributed by atoms with van der Waals surface area (Å²) in [6.45, 7) is 0.888. The first kappa shape index (κ1) is 9.07. The fourth-order valence-corrected chi connectivity index (χ4v) is 0.904. The number of rotatable bonds is 0. The molecule has 0 radical (unpaired) electrons. The molecule has 1 aliphatic heterocycles. The summed E-state index contributed by atoms with van der Waals surface area (Å²) in [5.74, 6) is 0.225. The maximum Gasteiger partial charge on any atom is 1.00 e. The van der Waals surface area contributed by atoms with Crippen LogP contribution in [0.5, 0.6) is 0 Å². The maximum atomic E-state index is 10.6. The summed E-state index contributed by atoms with van der Waals surface area (Å²) in [4.78, 5) is 10.6. The quantitative estimate of drug-likeness (QED) is 0.362. The molecule has 2 nitrogen and oxygen atoms in total. The summed E-state index contributed by atoms with van der Waals surface area (Å²) in [5.41, 5.74) is 0. The van der Waals surface area contributed by atoms with Crippen LogP contribution in [0.2, 0.25) is 0 Å². The number of hydrogen-bond acceptors (Lipinski definition) is 1. The van der Waals surface area contributed by atoms with Crippen LogP contribution in [0, 0.1) is 0 Å². The van der Waals surface area contributed by atoms with Gasteiger partial charge in [-0.15, -0.1) is 0 Å². The van der Waals surface area contributed by atoms with Crippen molar-refractivity contribution in [3.05, 3.63) is 0 Å². The van der Waals surface area contributed by atoms with E-state index in [9.17, 15) is 4.79 Å². The Balaban J connectivity index is 0. The van der Waals surface area contributed by atoms with Crippen LogP contribution in [0.3, 0.4) is 0 Å². The molecule has 48 valence electrons. The summed E-state index contributed by atoms with van der Waals surface area (Å²) < 4.78 is 0. The molecule has 1 saturated heterocycles. The molecule has 3 heteroatoms. The van der Waals surface area contributed by atoms with E-state index in [4.69, 9.17) is 0 Å². The van der Waals surface area contributed by atoms with Gasteiger partial charge in [-0.3, -0.25) is 4.79 Å². The van der Waals surface area contributed by atoms with Crippen molar-refractivity contribution in [3.63, 3.8) is 0 Å². The Morgan fingerprint density at radius 1 is 1.33 bits per heavy atom. The Kier molecular flexibility index (Phi) is 4.94. The molecule has 1 rings (SSSR count). The van der Waals surface area contributed by atoms with Crippen LogP contribution in [0.4, 0.5) is 0 Å². The zero-order valence-corrected chi connectivity index (χ0v) is 5.94. The summed E-state index contributed by atoms with van der Waals surface area (Å²) in [6.07, 6.45) is 4.18. The smallest absolute Gasteiger partial charge is 1.00 e. The molecule has 0 atom stereocenters. The van der Waals surface area contributed by atoms with Crippen molar-refractivity contribution in [2.75, 3.05) is 6.54 Å². The molecule has 1 heterocycles. The number of nitrogens with one attached hydrogen (secondary N) is 1. The number of amides is 1. The van der Waals surface area contributed by atoms with Gasteiger partial charge in [0.15, 0.2) is 0 Å². The third-order valence-corrected chi connectivity index (χ3v) is 1.40. The van der Waals surface area contributed by atoms with Crippen LogP contribution in [0.1, 0.15) is 27.1 Å². The largest absolute Gasteiger partial charge is 1.00 e. The molecular formula is C6H12LiNO. The average Bonchev–Trinajstić information content (AvgIpc) is 1.94. The monoisotopic (exact) mass is 121 g/mol. The van der Waals surface area contributed by atoms with Gasteiger partial charge in [0.05, 0.1) is 0 Å². The predicted octanol–water partition coefficient (Wildman–Crippen LogP) is -2.21. The van der Waals surface area contributed by atoms with Crippen molar-refractivity contribution in [2.45, 2.75) is 25.7 Å². The molecule has 0 unspecified atom stereocenters. The molecule has 0 aromatic rings. The van der Waals surface area contributed by atoms with Gasteiger partial charge in [0, 0.05) is 13.0 Å². The molecule has 9 heavy (non-hydrogen) atoms. The van der Waals surface area contributed by atoms with E-state index in [1.807, 2.05) is 0 Å². The van der Waals surface area contributed by atoms with E-state index in [0.717, 1.165) is 25.8 Å². The molecule has 0 aliphatic carbocycles. The minimum atomic E-state index is 0. The van der Waals surface area contributed by atoms with E-state index in [1.54, 1.807) is 0 Å². The minimum Gasteiger partial charge on any atom is -1.00 e. The molecule has 1 aliphatic rings. The standard InChI is InChI=1S/C6H11NO.Li.H/c8-6-4-2-1-3-5-7-6;;/h1-5H2,(H,7,8);;/q;+1;-1. The van der Waals surface area contributed by atoms with Gasteiger partial charge in [0.25, 0.3) is 0 Å². The SMILES string of the molecule is O=C1CCCCCN1.[H-].[Li+]. The molecular weight excluding hydrogens is 109 g/mol. The van der Waals surface area contributed by atoms with Gasteiger partial charge in [-0.25, -0.2) is 0 Å². The molecule has 0 aromatic heterocycles. The van der Waals surface area contributed by atoms with Crippen molar-refractivity contribution < 1.29 is 25.1 Å². The second kappa shape index (κ2) is 4.90. The van der Waals surface area contributed by atoms with Crippen LogP contribution in [0.25, 0.3) is 0 Å². The van der Waals surface area contributed by atoms with Crippen molar-refractivity contribution in [1.29, 1.82) is 0 Å². The first-order valence-corrected chi connectivity index (χ1v) is 3.16. The van der Waals surface area contributed by atoms with E-state index in [2.05, 4.69) is 5.32 Å². The Morgan fingerprint density at radius 3 is 2.89 bits per heavy atom. The summed E-state index contributed by atoms with van der Waals surface area (Å²) in [5, 5.41) is 2.81. The van der Waals surface area contributed by atoms with Crippen molar-refractivity contribution in [2.24, 2.45) is 0 Å². The first-order chi connectivity index (χ1) is 3.89. The van der Waals surface area contributed by atoms with E-state index in [0.29, 0.717) is 0 Å². The van der Waals surface area contributed by atoms with Gasteiger partial charge < -0.3 is 6.74 Å². The predicted molar refractivity (Wildman–Crippen MR) is 32.6 cm³/mol. The van der Waals surface area contributed by atoms with Crippen LogP contribution in [-0.2, 0) is 4.79 Å². The fourth-order valence-electron chi connectivity index (χ4n) is 0.904. The van der Waals surface area contributed by atoms with Gasteiger partial charge in [0.2, 0.25) is 5.91 Å². The summed E-state index contributed by atoms with van der Waals surface area (Å²) in [7, 11) is 0. The normalized spacial score (nSPS) is 19.3. The zero-order valence-electron chi connectivity index (χ0n) is 6.94. The fraction of sp³-hybridized carbons (Fsp3) is 0.833. The second-order valence-corrected chi connectivity index (χ2v) is 2.16. The minimum absolute atomic E-state index is 0. The maximum absolute atomic E-state index is 10.6. The third-order valence-electron chi connectivity index (χ3n) is 1.40. The van der Waals surface area contributed by atoms with Crippen LogP contribution in [0.15, 0.2) is 0 Å². The molecule has 0 bridgehead atoms. The van der Waals surface area contributed by atoms with Gasteiger partial charge >= 0.3 is 18.9 Å². The number of carbonyl (C=O) groups is 1. The first-order valence-electron chi connectivity index (χ1n) is 3.16. The second-order valence-electron chi connectivity index (χ2n) is 2.16. The Morgan fingerprint density at radius 2 is 2.11 bits per heavy atom. The van der Waals surface area contributed by atoms with Crippen molar-refractivity contribution in [3.8, 4) is 0 Å². The van der Waals surface area contributed by atoms with Crippen molar-refractivity contribution >= 4 is 5.91 Å². The summed E-state index contributed by atoms with van der Waals surface area (Å²) in [6, 6.07) is 0. The van der Waals surface area contributed by atoms with E-state index in [1.165, 1.54) is 6.42 Å².